The first-order valence-electron chi connectivity index (χ1n) is 10.4. The molecule has 0 N–H and O–H groups in total. The number of hydrogen-bond donors (Lipinski definition) is 0. The Morgan fingerprint density at radius 2 is 1.82 bits per heavy atom. The Balaban J connectivity index is 1.27. The highest BCUT2D eigenvalue weighted by atomic mass is 16.4. The zero-order chi connectivity index (χ0) is 19.3. The van der Waals surface area contributed by atoms with Crippen LogP contribution in [-0.2, 0) is 12.0 Å². The lowest BCUT2D eigenvalue weighted by atomic mass is 9.92. The topological polar surface area (TPSA) is 72.4 Å². The van der Waals surface area contributed by atoms with E-state index in [0.29, 0.717) is 11.8 Å². The molecule has 0 radical (unpaired) electrons. The summed E-state index contributed by atoms with van der Waals surface area (Å²) in [7, 11) is 0. The molecular formula is C21H28N6O. The number of fused-ring (bicyclic) bond motifs is 1. The smallest absolute Gasteiger partial charge is 0.208 e. The van der Waals surface area contributed by atoms with E-state index in [0.717, 1.165) is 61.3 Å². The zero-order valence-corrected chi connectivity index (χ0v) is 16.9. The molecule has 0 bridgehead atoms. The fourth-order valence-corrected chi connectivity index (χ4v) is 3.95. The molecule has 148 valence electrons. The van der Waals surface area contributed by atoms with Crippen molar-refractivity contribution in [1.29, 1.82) is 0 Å². The number of piperidine rings is 1. The fourth-order valence-electron chi connectivity index (χ4n) is 3.95. The van der Waals surface area contributed by atoms with Crippen molar-refractivity contribution in [1.82, 2.24) is 29.7 Å². The van der Waals surface area contributed by atoms with Gasteiger partial charge in [0.15, 0.2) is 11.5 Å². The van der Waals surface area contributed by atoms with Crippen molar-refractivity contribution in [3.8, 4) is 0 Å². The summed E-state index contributed by atoms with van der Waals surface area (Å²) < 4.78 is 7.88. The summed E-state index contributed by atoms with van der Waals surface area (Å²) in [6.07, 6.45) is 6.52. The number of rotatable bonds is 4. The first-order chi connectivity index (χ1) is 13.5. The SMILES string of the molecule is CC(C)(C)c1ccc2nnc(C3CCN(Cc4ncc(C5CC5)o4)CC3)n2n1. The minimum atomic E-state index is 0.00839. The first-order valence-corrected chi connectivity index (χ1v) is 10.4. The molecule has 28 heavy (non-hydrogen) atoms. The van der Waals surface area contributed by atoms with Crippen molar-refractivity contribution < 1.29 is 4.42 Å². The van der Waals surface area contributed by atoms with Crippen LogP contribution in [0.2, 0.25) is 0 Å². The average Bonchev–Trinajstić information content (AvgIpc) is 3.27. The minimum Gasteiger partial charge on any atom is -0.444 e. The van der Waals surface area contributed by atoms with Crippen molar-refractivity contribution in [2.45, 2.75) is 70.3 Å². The summed E-state index contributed by atoms with van der Waals surface area (Å²) in [5.74, 6) is 3.93. The van der Waals surface area contributed by atoms with E-state index in [-0.39, 0.29) is 5.41 Å². The van der Waals surface area contributed by atoms with Crippen molar-refractivity contribution in [2.24, 2.45) is 0 Å². The van der Waals surface area contributed by atoms with Gasteiger partial charge in [0.1, 0.15) is 5.76 Å². The third-order valence-corrected chi connectivity index (χ3v) is 5.92. The van der Waals surface area contributed by atoms with Crippen LogP contribution >= 0.6 is 0 Å². The van der Waals surface area contributed by atoms with Crippen molar-refractivity contribution in [3.63, 3.8) is 0 Å². The van der Waals surface area contributed by atoms with Crippen LogP contribution in [0.15, 0.2) is 22.7 Å². The minimum absolute atomic E-state index is 0.00839. The second-order valence-electron chi connectivity index (χ2n) is 9.28. The van der Waals surface area contributed by atoms with Crippen LogP contribution in [0.1, 0.15) is 81.5 Å². The van der Waals surface area contributed by atoms with Crippen LogP contribution in [0.4, 0.5) is 0 Å². The molecule has 0 atom stereocenters. The second-order valence-corrected chi connectivity index (χ2v) is 9.28. The lowest BCUT2D eigenvalue weighted by molar-refractivity contribution is 0.183. The Morgan fingerprint density at radius 1 is 1.04 bits per heavy atom. The Morgan fingerprint density at radius 3 is 2.54 bits per heavy atom. The number of likely N-dealkylation sites (tertiary alicyclic amines) is 1. The highest BCUT2D eigenvalue weighted by Gasteiger charge is 2.29. The van der Waals surface area contributed by atoms with E-state index in [1.807, 2.05) is 16.8 Å². The van der Waals surface area contributed by atoms with Crippen LogP contribution in [0.25, 0.3) is 5.65 Å². The molecule has 5 rings (SSSR count). The van der Waals surface area contributed by atoms with Gasteiger partial charge in [-0.3, -0.25) is 4.90 Å². The maximum Gasteiger partial charge on any atom is 0.208 e. The number of aromatic nitrogens is 5. The van der Waals surface area contributed by atoms with Crippen molar-refractivity contribution >= 4 is 5.65 Å². The lowest BCUT2D eigenvalue weighted by Crippen LogP contribution is -2.33. The highest BCUT2D eigenvalue weighted by Crippen LogP contribution is 2.40. The van der Waals surface area contributed by atoms with E-state index >= 15 is 0 Å². The predicted octanol–water partition coefficient (Wildman–Crippen LogP) is 3.67. The van der Waals surface area contributed by atoms with Gasteiger partial charge in [-0.05, 0) is 50.9 Å². The van der Waals surface area contributed by atoms with Gasteiger partial charge in [-0.2, -0.15) is 9.61 Å². The van der Waals surface area contributed by atoms with E-state index in [1.165, 1.54) is 12.8 Å². The van der Waals surface area contributed by atoms with Gasteiger partial charge in [-0.1, -0.05) is 20.8 Å². The standard InChI is InChI=1S/C21H28N6O/c1-21(2,3)17-6-7-18-23-24-20(27(18)25-17)15-8-10-26(11-9-15)13-19-22-12-16(28-19)14-4-5-14/h6-7,12,14-15H,4-5,8-11,13H2,1-3H3. The van der Waals surface area contributed by atoms with Gasteiger partial charge < -0.3 is 4.42 Å². The van der Waals surface area contributed by atoms with Crippen LogP contribution in [0, 0.1) is 0 Å². The van der Waals surface area contributed by atoms with Crippen LogP contribution < -0.4 is 0 Å². The third-order valence-electron chi connectivity index (χ3n) is 5.92. The van der Waals surface area contributed by atoms with Gasteiger partial charge in [-0.15, -0.1) is 10.2 Å². The number of hydrogen-bond acceptors (Lipinski definition) is 6. The zero-order valence-electron chi connectivity index (χ0n) is 16.9. The summed E-state index contributed by atoms with van der Waals surface area (Å²) in [5.41, 5.74) is 1.90. The Kier molecular flexibility index (Phi) is 4.23. The quantitative estimate of drug-likeness (QED) is 0.688. The molecule has 0 amide bonds. The Hall–Kier alpha value is -2.28. The lowest BCUT2D eigenvalue weighted by Gasteiger charge is -2.30. The number of oxazole rings is 1. The van der Waals surface area contributed by atoms with Gasteiger partial charge in [0.05, 0.1) is 18.4 Å². The maximum absolute atomic E-state index is 5.92. The van der Waals surface area contributed by atoms with E-state index < -0.39 is 0 Å². The van der Waals surface area contributed by atoms with Gasteiger partial charge in [0.2, 0.25) is 5.89 Å². The molecular weight excluding hydrogens is 352 g/mol. The second kappa shape index (κ2) is 6.65. The summed E-state index contributed by atoms with van der Waals surface area (Å²) >= 11 is 0. The Labute approximate surface area is 165 Å². The molecule has 3 aromatic rings. The molecule has 2 aliphatic rings. The normalized spacial score (nSPS) is 19.5. The molecule has 0 aromatic carbocycles. The van der Waals surface area contributed by atoms with Crippen LogP contribution in [0.3, 0.4) is 0 Å². The van der Waals surface area contributed by atoms with E-state index in [4.69, 9.17) is 9.52 Å². The third kappa shape index (κ3) is 3.43. The first kappa shape index (κ1) is 17.8. The summed E-state index contributed by atoms with van der Waals surface area (Å²) in [6, 6.07) is 4.09. The molecule has 7 nitrogen and oxygen atoms in total. The molecule has 1 saturated heterocycles. The van der Waals surface area contributed by atoms with Crippen LogP contribution in [0.5, 0.6) is 0 Å². The van der Waals surface area contributed by atoms with Gasteiger partial charge in [0, 0.05) is 17.3 Å². The molecule has 1 aliphatic carbocycles. The summed E-state index contributed by atoms with van der Waals surface area (Å²) in [4.78, 5) is 6.90. The summed E-state index contributed by atoms with van der Waals surface area (Å²) in [6.45, 7) is 9.37. The average molecular weight is 380 g/mol. The molecule has 4 heterocycles. The number of nitrogens with zero attached hydrogens (tertiary/aromatic N) is 6. The van der Waals surface area contributed by atoms with E-state index in [9.17, 15) is 0 Å². The molecule has 0 spiro atoms. The Bertz CT molecular complexity index is 972. The van der Waals surface area contributed by atoms with E-state index in [1.54, 1.807) is 0 Å². The monoisotopic (exact) mass is 380 g/mol. The van der Waals surface area contributed by atoms with Gasteiger partial charge in [-0.25, -0.2) is 4.98 Å². The van der Waals surface area contributed by atoms with Crippen molar-refractivity contribution in [2.75, 3.05) is 13.1 Å². The van der Waals surface area contributed by atoms with Crippen LogP contribution in [-0.4, -0.2) is 42.8 Å². The molecule has 7 heteroatoms. The highest BCUT2D eigenvalue weighted by molar-refractivity contribution is 5.37. The summed E-state index contributed by atoms with van der Waals surface area (Å²) in [5, 5.41) is 13.7. The van der Waals surface area contributed by atoms with Gasteiger partial charge >= 0.3 is 0 Å². The maximum atomic E-state index is 5.92. The molecule has 1 saturated carbocycles. The predicted molar refractivity (Wildman–Crippen MR) is 105 cm³/mol. The fraction of sp³-hybridized carbons (Fsp3) is 0.619. The molecule has 2 fully saturated rings. The van der Waals surface area contributed by atoms with E-state index in [2.05, 4.69) is 46.9 Å². The largest absolute Gasteiger partial charge is 0.444 e. The molecule has 0 unspecified atom stereocenters. The molecule has 1 aliphatic heterocycles. The van der Waals surface area contributed by atoms with Gasteiger partial charge in [0.25, 0.3) is 0 Å². The molecule has 3 aromatic heterocycles. The van der Waals surface area contributed by atoms with Crippen molar-refractivity contribution in [3.05, 3.63) is 41.5 Å².